The van der Waals surface area contributed by atoms with Crippen molar-refractivity contribution in [2.45, 2.75) is 45.1 Å². The van der Waals surface area contributed by atoms with Crippen molar-refractivity contribution in [1.29, 1.82) is 0 Å². The Balaban J connectivity index is 1.60. The van der Waals surface area contributed by atoms with Gasteiger partial charge in [0.25, 0.3) is 6.01 Å². The van der Waals surface area contributed by atoms with E-state index in [-0.39, 0.29) is 17.4 Å². The van der Waals surface area contributed by atoms with Crippen LogP contribution in [0, 0.1) is 5.92 Å². The predicted octanol–water partition coefficient (Wildman–Crippen LogP) is 2.68. The second-order valence-corrected chi connectivity index (χ2v) is 6.91. The van der Waals surface area contributed by atoms with Gasteiger partial charge in [-0.25, -0.2) is 0 Å². The molecule has 0 spiro atoms. The molecule has 0 aliphatic carbocycles. The van der Waals surface area contributed by atoms with Crippen LogP contribution >= 0.6 is 0 Å². The van der Waals surface area contributed by atoms with Gasteiger partial charge in [0.2, 0.25) is 5.91 Å². The van der Waals surface area contributed by atoms with Crippen molar-refractivity contribution in [2.24, 2.45) is 11.7 Å². The number of piperidine rings is 1. The molecule has 136 valence electrons. The van der Waals surface area contributed by atoms with E-state index in [9.17, 15) is 4.79 Å². The number of nitrogens with one attached hydrogen (secondary N) is 1. The lowest BCUT2D eigenvalue weighted by Crippen LogP contribution is -2.55. The van der Waals surface area contributed by atoms with Gasteiger partial charge in [-0.05, 0) is 37.8 Å². The number of fused-ring (bicyclic) bond motifs is 1. The van der Waals surface area contributed by atoms with E-state index in [2.05, 4.69) is 29.0 Å². The van der Waals surface area contributed by atoms with E-state index in [1.807, 2.05) is 24.3 Å². The van der Waals surface area contributed by atoms with Crippen LogP contribution in [0.5, 0.6) is 0 Å². The Morgan fingerprint density at radius 1 is 1.32 bits per heavy atom. The number of para-hydroxylation sites is 2. The van der Waals surface area contributed by atoms with Gasteiger partial charge in [0, 0.05) is 25.6 Å². The molecule has 1 aromatic heterocycles. The molecular formula is C19H28N4O2. The molecule has 2 heterocycles. The lowest BCUT2D eigenvalue weighted by atomic mass is 9.90. The van der Waals surface area contributed by atoms with Gasteiger partial charge >= 0.3 is 0 Å². The molecule has 2 aromatic rings. The van der Waals surface area contributed by atoms with Crippen LogP contribution in [0.1, 0.15) is 39.5 Å². The van der Waals surface area contributed by atoms with Gasteiger partial charge in [0.15, 0.2) is 5.58 Å². The normalized spacial score (nSPS) is 16.4. The van der Waals surface area contributed by atoms with Crippen molar-refractivity contribution in [2.75, 3.05) is 24.5 Å². The van der Waals surface area contributed by atoms with Crippen LogP contribution in [0.15, 0.2) is 28.7 Å². The second-order valence-electron chi connectivity index (χ2n) is 6.91. The van der Waals surface area contributed by atoms with Crippen LogP contribution in [-0.2, 0) is 4.79 Å². The Kier molecular flexibility index (Phi) is 5.27. The summed E-state index contributed by atoms with van der Waals surface area (Å²) in [5, 5.41) is 3.20. The summed E-state index contributed by atoms with van der Waals surface area (Å²) < 4.78 is 5.83. The number of carbonyl (C=O) groups excluding carboxylic acids is 1. The highest BCUT2D eigenvalue weighted by Crippen LogP contribution is 2.27. The molecule has 0 atom stereocenters. The van der Waals surface area contributed by atoms with Crippen molar-refractivity contribution in [1.82, 2.24) is 10.3 Å². The summed E-state index contributed by atoms with van der Waals surface area (Å²) in [4.78, 5) is 19.3. The quantitative estimate of drug-likeness (QED) is 0.841. The molecule has 6 heteroatoms. The van der Waals surface area contributed by atoms with Crippen LogP contribution in [-0.4, -0.2) is 36.1 Å². The van der Waals surface area contributed by atoms with Crippen LogP contribution in [0.3, 0.4) is 0 Å². The fourth-order valence-electron chi connectivity index (χ4n) is 3.46. The second kappa shape index (κ2) is 7.44. The molecule has 1 aliphatic heterocycles. The van der Waals surface area contributed by atoms with Crippen molar-refractivity contribution in [3.63, 3.8) is 0 Å². The first-order valence-electron chi connectivity index (χ1n) is 9.23. The number of benzene rings is 1. The summed E-state index contributed by atoms with van der Waals surface area (Å²) in [6.45, 7) is 6.18. The number of oxazole rings is 1. The highest BCUT2D eigenvalue weighted by molar-refractivity contribution is 5.80. The van der Waals surface area contributed by atoms with Gasteiger partial charge < -0.3 is 20.4 Å². The summed E-state index contributed by atoms with van der Waals surface area (Å²) >= 11 is 0. The minimum absolute atomic E-state index is 0.0321. The number of nitrogens with zero attached hydrogens (tertiary/aromatic N) is 2. The summed E-state index contributed by atoms with van der Waals surface area (Å²) in [7, 11) is 0. The largest absolute Gasteiger partial charge is 0.423 e. The van der Waals surface area contributed by atoms with Crippen LogP contribution in [0.2, 0.25) is 0 Å². The molecular weight excluding hydrogens is 316 g/mol. The van der Waals surface area contributed by atoms with Crippen LogP contribution in [0.25, 0.3) is 11.1 Å². The molecule has 1 amide bonds. The molecule has 0 saturated carbocycles. The molecule has 1 aliphatic rings. The molecule has 0 unspecified atom stereocenters. The van der Waals surface area contributed by atoms with Gasteiger partial charge in [-0.3, -0.25) is 4.79 Å². The third kappa shape index (κ3) is 3.63. The standard InChI is InChI=1S/C19H28N4O2/c1-3-19(4-2,13-20)22-17(24)14-9-11-23(12-10-14)18-21-15-7-5-6-8-16(15)25-18/h5-8,14H,3-4,9-13,20H2,1-2H3,(H,22,24). The first-order chi connectivity index (χ1) is 12.1. The molecule has 1 fully saturated rings. The Labute approximate surface area is 148 Å². The molecule has 3 N–H and O–H groups in total. The molecule has 1 saturated heterocycles. The Morgan fingerprint density at radius 2 is 2.00 bits per heavy atom. The topological polar surface area (TPSA) is 84.4 Å². The number of hydrogen-bond acceptors (Lipinski definition) is 5. The van der Waals surface area contributed by atoms with Crippen molar-refractivity contribution < 1.29 is 9.21 Å². The monoisotopic (exact) mass is 344 g/mol. The highest BCUT2D eigenvalue weighted by Gasteiger charge is 2.32. The summed E-state index contributed by atoms with van der Waals surface area (Å²) in [6, 6.07) is 8.42. The van der Waals surface area contributed by atoms with Gasteiger partial charge in [-0.2, -0.15) is 4.98 Å². The predicted molar refractivity (Wildman–Crippen MR) is 99.5 cm³/mol. The maximum absolute atomic E-state index is 12.7. The van der Waals surface area contributed by atoms with E-state index in [1.165, 1.54) is 0 Å². The van der Waals surface area contributed by atoms with Gasteiger partial charge in [0.05, 0.1) is 5.54 Å². The molecule has 3 rings (SSSR count). The molecule has 0 bridgehead atoms. The smallest absolute Gasteiger partial charge is 0.298 e. The lowest BCUT2D eigenvalue weighted by molar-refractivity contribution is -0.127. The fraction of sp³-hybridized carbons (Fsp3) is 0.579. The van der Waals surface area contributed by atoms with Crippen molar-refractivity contribution in [3.8, 4) is 0 Å². The number of amides is 1. The maximum Gasteiger partial charge on any atom is 0.298 e. The SMILES string of the molecule is CCC(CC)(CN)NC(=O)C1CCN(c2nc3ccccc3o2)CC1. The van der Waals surface area contributed by atoms with E-state index in [0.717, 1.165) is 49.9 Å². The van der Waals surface area contributed by atoms with E-state index >= 15 is 0 Å². The molecule has 25 heavy (non-hydrogen) atoms. The van der Waals surface area contributed by atoms with Crippen LogP contribution in [0.4, 0.5) is 6.01 Å². The number of hydrogen-bond donors (Lipinski definition) is 2. The van der Waals surface area contributed by atoms with E-state index in [0.29, 0.717) is 12.6 Å². The minimum atomic E-state index is -0.269. The van der Waals surface area contributed by atoms with Gasteiger partial charge in [-0.15, -0.1) is 0 Å². The number of aromatic nitrogens is 1. The minimum Gasteiger partial charge on any atom is -0.423 e. The van der Waals surface area contributed by atoms with Gasteiger partial charge in [0.1, 0.15) is 5.52 Å². The molecule has 0 radical (unpaired) electrons. The number of nitrogens with two attached hydrogens (primary N) is 1. The average molecular weight is 344 g/mol. The zero-order chi connectivity index (χ0) is 17.9. The molecule has 1 aromatic carbocycles. The highest BCUT2D eigenvalue weighted by atomic mass is 16.4. The van der Waals surface area contributed by atoms with Crippen molar-refractivity contribution >= 4 is 23.0 Å². The first kappa shape index (κ1) is 17.7. The summed E-state index contributed by atoms with van der Waals surface area (Å²) in [5.74, 6) is 0.163. The van der Waals surface area contributed by atoms with E-state index < -0.39 is 0 Å². The third-order valence-corrected chi connectivity index (χ3v) is 5.55. The van der Waals surface area contributed by atoms with Crippen molar-refractivity contribution in [3.05, 3.63) is 24.3 Å². The Morgan fingerprint density at radius 3 is 2.60 bits per heavy atom. The van der Waals surface area contributed by atoms with Gasteiger partial charge in [-0.1, -0.05) is 26.0 Å². The van der Waals surface area contributed by atoms with Crippen LogP contribution < -0.4 is 16.0 Å². The number of carbonyl (C=O) groups is 1. The Hall–Kier alpha value is -2.08. The van der Waals surface area contributed by atoms with E-state index in [4.69, 9.17) is 10.2 Å². The first-order valence-corrected chi connectivity index (χ1v) is 9.23. The maximum atomic E-state index is 12.7. The zero-order valence-electron chi connectivity index (χ0n) is 15.1. The number of anilines is 1. The summed E-state index contributed by atoms with van der Waals surface area (Å²) in [5.41, 5.74) is 7.30. The zero-order valence-corrected chi connectivity index (χ0v) is 15.1. The number of rotatable bonds is 6. The lowest BCUT2D eigenvalue weighted by Gasteiger charge is -2.35. The summed E-state index contributed by atoms with van der Waals surface area (Å²) in [6.07, 6.45) is 3.32. The van der Waals surface area contributed by atoms with E-state index in [1.54, 1.807) is 0 Å². The fourth-order valence-corrected chi connectivity index (χ4v) is 3.46. The molecule has 6 nitrogen and oxygen atoms in total. The third-order valence-electron chi connectivity index (χ3n) is 5.55. The Bertz CT molecular complexity index is 674. The average Bonchev–Trinajstić information content (AvgIpc) is 3.10.